The molecule has 2 aromatic carbocycles. The minimum absolute atomic E-state index is 0.143. The van der Waals surface area contributed by atoms with Crippen molar-refractivity contribution in [3.05, 3.63) is 48.0 Å². The Bertz CT molecular complexity index is 646. The van der Waals surface area contributed by atoms with Crippen LogP contribution in [0.4, 0.5) is 0 Å². The molecule has 0 saturated carbocycles. The third kappa shape index (κ3) is 2.78. The molecule has 1 heterocycles. The van der Waals surface area contributed by atoms with Gasteiger partial charge in [-0.3, -0.25) is 4.90 Å². The Morgan fingerprint density at radius 2 is 1.76 bits per heavy atom. The number of likely N-dealkylation sites (N-methyl/N-ethyl adjacent to an activating group) is 1. The van der Waals surface area contributed by atoms with Gasteiger partial charge in [0, 0.05) is 26.2 Å². The average Bonchev–Trinajstić information content (AvgIpc) is 2.56. The van der Waals surface area contributed by atoms with Gasteiger partial charge in [0.25, 0.3) is 0 Å². The molecular weight excluding hydrogens is 258 g/mol. The fourth-order valence-corrected chi connectivity index (χ4v) is 3.17. The number of nitriles is 1. The zero-order valence-electron chi connectivity index (χ0n) is 12.5. The zero-order chi connectivity index (χ0) is 14.7. The Balaban J connectivity index is 1.91. The molecule has 0 radical (unpaired) electrons. The van der Waals surface area contributed by atoms with Crippen LogP contribution >= 0.6 is 0 Å². The van der Waals surface area contributed by atoms with E-state index in [-0.39, 0.29) is 6.04 Å². The molecule has 1 unspecified atom stereocenters. The van der Waals surface area contributed by atoms with Gasteiger partial charge in [0.05, 0.1) is 6.07 Å². The van der Waals surface area contributed by atoms with Gasteiger partial charge in [0.15, 0.2) is 0 Å². The lowest BCUT2D eigenvalue weighted by Gasteiger charge is -2.36. The van der Waals surface area contributed by atoms with Gasteiger partial charge < -0.3 is 4.90 Å². The van der Waals surface area contributed by atoms with E-state index in [0.29, 0.717) is 0 Å². The van der Waals surface area contributed by atoms with E-state index < -0.39 is 0 Å². The van der Waals surface area contributed by atoms with Gasteiger partial charge in [-0.15, -0.1) is 0 Å². The van der Waals surface area contributed by atoms with Crippen LogP contribution in [-0.4, -0.2) is 42.5 Å². The molecule has 0 spiro atoms. The van der Waals surface area contributed by atoms with Crippen molar-refractivity contribution in [3.63, 3.8) is 0 Å². The Hall–Kier alpha value is -1.89. The second-order valence-electron chi connectivity index (χ2n) is 5.57. The van der Waals surface area contributed by atoms with Crippen LogP contribution in [0.1, 0.15) is 18.5 Å². The molecule has 3 nitrogen and oxygen atoms in total. The fourth-order valence-electron chi connectivity index (χ4n) is 3.17. The molecule has 1 fully saturated rings. The summed E-state index contributed by atoms with van der Waals surface area (Å²) in [6, 6.07) is 17.0. The number of hydrogen-bond acceptors (Lipinski definition) is 3. The Morgan fingerprint density at radius 1 is 1.05 bits per heavy atom. The molecule has 0 aromatic heterocycles. The molecule has 0 bridgehead atoms. The number of fused-ring (bicyclic) bond motifs is 1. The quantitative estimate of drug-likeness (QED) is 0.865. The van der Waals surface area contributed by atoms with Crippen LogP contribution < -0.4 is 0 Å². The highest BCUT2D eigenvalue weighted by molar-refractivity contribution is 5.86. The first-order valence-electron chi connectivity index (χ1n) is 7.67. The van der Waals surface area contributed by atoms with Crippen molar-refractivity contribution in [1.82, 2.24) is 9.80 Å². The summed E-state index contributed by atoms with van der Waals surface area (Å²) in [5.41, 5.74) is 1.14. The van der Waals surface area contributed by atoms with Crippen molar-refractivity contribution >= 4 is 10.8 Å². The van der Waals surface area contributed by atoms with Crippen LogP contribution in [0.25, 0.3) is 10.8 Å². The molecule has 1 aliphatic rings. The van der Waals surface area contributed by atoms with Crippen LogP contribution in [-0.2, 0) is 0 Å². The van der Waals surface area contributed by atoms with Gasteiger partial charge in [-0.1, -0.05) is 49.4 Å². The van der Waals surface area contributed by atoms with Crippen LogP contribution in [0.2, 0.25) is 0 Å². The van der Waals surface area contributed by atoms with Gasteiger partial charge in [-0.25, -0.2) is 0 Å². The van der Waals surface area contributed by atoms with Gasteiger partial charge in [0.1, 0.15) is 6.04 Å². The molecule has 1 aliphatic heterocycles. The maximum Gasteiger partial charge on any atom is 0.124 e. The summed E-state index contributed by atoms with van der Waals surface area (Å²) in [6.45, 7) is 7.34. The highest BCUT2D eigenvalue weighted by Gasteiger charge is 2.25. The smallest absolute Gasteiger partial charge is 0.124 e. The summed E-state index contributed by atoms with van der Waals surface area (Å²) in [4.78, 5) is 4.75. The van der Waals surface area contributed by atoms with Crippen molar-refractivity contribution in [3.8, 4) is 6.07 Å². The first-order chi connectivity index (χ1) is 10.3. The van der Waals surface area contributed by atoms with Crippen molar-refractivity contribution in [1.29, 1.82) is 5.26 Å². The monoisotopic (exact) mass is 279 g/mol. The SMILES string of the molecule is CCN1CCN(C(C#N)c2cccc3ccccc23)CC1. The predicted molar refractivity (Wildman–Crippen MR) is 86.0 cm³/mol. The first-order valence-corrected chi connectivity index (χ1v) is 7.67. The lowest BCUT2D eigenvalue weighted by molar-refractivity contribution is 0.119. The zero-order valence-corrected chi connectivity index (χ0v) is 12.5. The van der Waals surface area contributed by atoms with E-state index in [2.05, 4.69) is 59.2 Å². The van der Waals surface area contributed by atoms with E-state index in [0.717, 1.165) is 38.3 Å². The van der Waals surface area contributed by atoms with E-state index in [1.54, 1.807) is 0 Å². The largest absolute Gasteiger partial charge is 0.301 e. The summed E-state index contributed by atoms with van der Waals surface area (Å²) >= 11 is 0. The third-order valence-corrected chi connectivity index (χ3v) is 4.46. The molecule has 0 amide bonds. The highest BCUT2D eigenvalue weighted by atomic mass is 15.3. The first kappa shape index (κ1) is 14.1. The lowest BCUT2D eigenvalue weighted by atomic mass is 9.98. The molecule has 3 rings (SSSR count). The summed E-state index contributed by atoms with van der Waals surface area (Å²) < 4.78 is 0. The molecule has 1 atom stereocenters. The summed E-state index contributed by atoms with van der Waals surface area (Å²) in [5, 5.41) is 12.1. The van der Waals surface area contributed by atoms with Gasteiger partial charge >= 0.3 is 0 Å². The third-order valence-electron chi connectivity index (χ3n) is 4.46. The van der Waals surface area contributed by atoms with Crippen molar-refractivity contribution in [2.45, 2.75) is 13.0 Å². The maximum atomic E-state index is 9.71. The van der Waals surface area contributed by atoms with E-state index >= 15 is 0 Å². The average molecular weight is 279 g/mol. The lowest BCUT2D eigenvalue weighted by Crippen LogP contribution is -2.47. The molecule has 1 saturated heterocycles. The number of benzene rings is 2. The molecule has 3 heteroatoms. The standard InChI is InChI=1S/C18H21N3/c1-2-20-10-12-21(13-11-20)18(14-19)17-9-5-7-15-6-3-4-8-16(15)17/h3-9,18H,2,10-13H2,1H3. The summed E-state index contributed by atoms with van der Waals surface area (Å²) in [7, 11) is 0. The summed E-state index contributed by atoms with van der Waals surface area (Å²) in [6.07, 6.45) is 0. The van der Waals surface area contributed by atoms with E-state index in [1.807, 2.05) is 6.07 Å². The van der Waals surface area contributed by atoms with E-state index in [4.69, 9.17) is 0 Å². The Labute approximate surface area is 126 Å². The van der Waals surface area contributed by atoms with Gasteiger partial charge in [-0.05, 0) is 22.9 Å². The Kier molecular flexibility index (Phi) is 4.19. The van der Waals surface area contributed by atoms with Crippen LogP contribution in [0.5, 0.6) is 0 Å². The molecule has 0 N–H and O–H groups in total. The van der Waals surface area contributed by atoms with Crippen molar-refractivity contribution in [2.75, 3.05) is 32.7 Å². The van der Waals surface area contributed by atoms with Crippen molar-refractivity contribution < 1.29 is 0 Å². The topological polar surface area (TPSA) is 30.3 Å². The minimum Gasteiger partial charge on any atom is -0.301 e. The number of hydrogen-bond donors (Lipinski definition) is 0. The molecule has 2 aromatic rings. The highest BCUT2D eigenvalue weighted by Crippen LogP contribution is 2.28. The number of nitrogens with zero attached hydrogens (tertiary/aromatic N) is 3. The van der Waals surface area contributed by atoms with E-state index in [9.17, 15) is 5.26 Å². The number of piperazine rings is 1. The minimum atomic E-state index is -0.143. The molecule has 108 valence electrons. The van der Waals surface area contributed by atoms with Gasteiger partial charge in [0.2, 0.25) is 0 Å². The van der Waals surface area contributed by atoms with Crippen molar-refractivity contribution in [2.24, 2.45) is 0 Å². The van der Waals surface area contributed by atoms with Crippen LogP contribution in [0.3, 0.4) is 0 Å². The second-order valence-corrected chi connectivity index (χ2v) is 5.57. The normalized spacial score (nSPS) is 18.5. The van der Waals surface area contributed by atoms with Crippen LogP contribution in [0, 0.1) is 11.3 Å². The second kappa shape index (κ2) is 6.26. The molecule has 0 aliphatic carbocycles. The fraction of sp³-hybridized carbons (Fsp3) is 0.389. The van der Waals surface area contributed by atoms with Crippen LogP contribution in [0.15, 0.2) is 42.5 Å². The summed E-state index contributed by atoms with van der Waals surface area (Å²) in [5.74, 6) is 0. The Morgan fingerprint density at radius 3 is 2.48 bits per heavy atom. The molecule has 21 heavy (non-hydrogen) atoms. The maximum absolute atomic E-state index is 9.71. The van der Waals surface area contributed by atoms with Gasteiger partial charge in [-0.2, -0.15) is 5.26 Å². The predicted octanol–water partition coefficient (Wildman–Crippen LogP) is 3.04. The van der Waals surface area contributed by atoms with E-state index in [1.165, 1.54) is 10.8 Å². The number of rotatable bonds is 3. The molecular formula is C18H21N3.